The zero-order valence-corrected chi connectivity index (χ0v) is 15.6. The van der Waals surface area contributed by atoms with E-state index < -0.39 is 0 Å². The number of aromatic nitrogens is 3. The molecule has 0 aliphatic rings. The minimum atomic E-state index is 0.540. The van der Waals surface area contributed by atoms with Crippen LogP contribution in [-0.2, 0) is 0 Å². The molecule has 134 valence electrons. The summed E-state index contributed by atoms with van der Waals surface area (Å²) in [5.74, 6) is 1.41. The van der Waals surface area contributed by atoms with Gasteiger partial charge in [0.25, 0.3) is 0 Å². The van der Waals surface area contributed by atoms with Gasteiger partial charge in [0.15, 0.2) is 0 Å². The van der Waals surface area contributed by atoms with Crippen LogP contribution in [0.25, 0.3) is 21.8 Å². The summed E-state index contributed by atoms with van der Waals surface area (Å²) >= 11 is 1.55. The summed E-state index contributed by atoms with van der Waals surface area (Å²) in [6.45, 7) is 2.62. The lowest BCUT2D eigenvalue weighted by Crippen LogP contribution is -1.98. The van der Waals surface area contributed by atoms with E-state index in [1.165, 1.54) is 0 Å². The number of anilines is 2. The Kier molecular flexibility index (Phi) is 5.07. The number of hydrogen-bond donors (Lipinski definition) is 1. The quantitative estimate of drug-likeness (QED) is 0.489. The molecular formula is C21H18N4OS. The summed E-state index contributed by atoms with van der Waals surface area (Å²) in [6, 6.07) is 18.0. The smallest absolute Gasteiger partial charge is 0.227 e. The van der Waals surface area contributed by atoms with E-state index >= 15 is 0 Å². The van der Waals surface area contributed by atoms with E-state index in [-0.39, 0.29) is 0 Å². The predicted molar refractivity (Wildman–Crippen MR) is 109 cm³/mol. The van der Waals surface area contributed by atoms with Crippen LogP contribution in [-0.4, -0.2) is 21.6 Å². The average Bonchev–Trinajstić information content (AvgIpc) is 3.24. The standard InChI is InChI=1S/C21H18N4OS/c1-2-26-19-9-4-3-8-17(19)15-6-5-7-16(14-15)24-21-23-11-10-18(25-21)20-22-12-13-27-20/h3-14H,2H2,1H3,(H,23,24,25). The van der Waals surface area contributed by atoms with Gasteiger partial charge in [-0.05, 0) is 36.8 Å². The summed E-state index contributed by atoms with van der Waals surface area (Å²) in [5, 5.41) is 6.09. The third-order valence-corrected chi connectivity index (χ3v) is 4.72. The molecule has 6 heteroatoms. The highest BCUT2D eigenvalue weighted by molar-refractivity contribution is 7.13. The summed E-state index contributed by atoms with van der Waals surface area (Å²) in [4.78, 5) is 13.2. The van der Waals surface area contributed by atoms with Crippen LogP contribution in [0.4, 0.5) is 11.6 Å². The number of ether oxygens (including phenoxy) is 1. The van der Waals surface area contributed by atoms with E-state index in [9.17, 15) is 0 Å². The number of benzene rings is 2. The van der Waals surface area contributed by atoms with Gasteiger partial charge < -0.3 is 10.1 Å². The van der Waals surface area contributed by atoms with Gasteiger partial charge in [-0.3, -0.25) is 0 Å². The van der Waals surface area contributed by atoms with Crippen LogP contribution in [0, 0.1) is 0 Å². The van der Waals surface area contributed by atoms with E-state index in [1.54, 1.807) is 23.7 Å². The van der Waals surface area contributed by atoms with Crippen LogP contribution >= 0.6 is 11.3 Å². The molecule has 0 amide bonds. The fourth-order valence-electron chi connectivity index (χ4n) is 2.77. The van der Waals surface area contributed by atoms with Crippen LogP contribution in [0.1, 0.15) is 6.92 Å². The lowest BCUT2D eigenvalue weighted by atomic mass is 10.0. The van der Waals surface area contributed by atoms with Crippen LogP contribution in [0.2, 0.25) is 0 Å². The first kappa shape index (κ1) is 17.2. The summed E-state index contributed by atoms with van der Waals surface area (Å²) in [6.07, 6.45) is 3.51. The van der Waals surface area contributed by atoms with Gasteiger partial charge in [-0.2, -0.15) is 0 Å². The minimum Gasteiger partial charge on any atom is -0.493 e. The maximum atomic E-state index is 5.76. The number of nitrogens with one attached hydrogen (secondary N) is 1. The average molecular weight is 374 g/mol. The minimum absolute atomic E-state index is 0.540. The Morgan fingerprint density at radius 1 is 1.00 bits per heavy atom. The molecule has 27 heavy (non-hydrogen) atoms. The molecular weight excluding hydrogens is 356 g/mol. The fraction of sp³-hybridized carbons (Fsp3) is 0.0952. The largest absolute Gasteiger partial charge is 0.493 e. The highest BCUT2D eigenvalue weighted by atomic mass is 32.1. The summed E-state index contributed by atoms with van der Waals surface area (Å²) < 4.78 is 5.76. The number of hydrogen-bond acceptors (Lipinski definition) is 6. The summed E-state index contributed by atoms with van der Waals surface area (Å²) in [5.41, 5.74) is 3.84. The van der Waals surface area contributed by atoms with Crippen molar-refractivity contribution in [1.82, 2.24) is 15.0 Å². The van der Waals surface area contributed by atoms with Crippen LogP contribution < -0.4 is 10.1 Å². The molecule has 1 N–H and O–H groups in total. The van der Waals surface area contributed by atoms with Crippen molar-refractivity contribution >= 4 is 23.0 Å². The molecule has 0 fully saturated rings. The van der Waals surface area contributed by atoms with E-state index in [0.717, 1.165) is 33.3 Å². The highest BCUT2D eigenvalue weighted by Crippen LogP contribution is 2.32. The molecule has 0 bridgehead atoms. The molecule has 5 nitrogen and oxygen atoms in total. The van der Waals surface area contributed by atoms with Crippen LogP contribution in [0.3, 0.4) is 0 Å². The van der Waals surface area contributed by atoms with Crippen molar-refractivity contribution in [2.24, 2.45) is 0 Å². The molecule has 0 unspecified atom stereocenters. The molecule has 4 aromatic rings. The third-order valence-electron chi connectivity index (χ3n) is 3.92. The Hall–Kier alpha value is -3.25. The van der Waals surface area contributed by atoms with Gasteiger partial charge in [0.1, 0.15) is 16.5 Å². The lowest BCUT2D eigenvalue weighted by Gasteiger charge is -2.12. The maximum absolute atomic E-state index is 5.76. The predicted octanol–water partition coefficient (Wildman–Crippen LogP) is 5.41. The van der Waals surface area contributed by atoms with Crippen molar-refractivity contribution in [2.75, 3.05) is 11.9 Å². The van der Waals surface area contributed by atoms with Crippen molar-refractivity contribution in [3.8, 4) is 27.6 Å². The lowest BCUT2D eigenvalue weighted by molar-refractivity contribution is 0.341. The second-order valence-electron chi connectivity index (χ2n) is 5.74. The molecule has 0 radical (unpaired) electrons. The molecule has 0 spiro atoms. The molecule has 0 atom stereocenters. The van der Waals surface area contributed by atoms with Gasteiger partial charge in [0, 0.05) is 29.0 Å². The Morgan fingerprint density at radius 3 is 2.78 bits per heavy atom. The molecule has 0 aliphatic carbocycles. The van der Waals surface area contributed by atoms with Gasteiger partial charge in [-0.1, -0.05) is 30.3 Å². The monoisotopic (exact) mass is 374 g/mol. The maximum Gasteiger partial charge on any atom is 0.227 e. The topological polar surface area (TPSA) is 59.9 Å². The first-order valence-corrected chi connectivity index (χ1v) is 9.53. The molecule has 0 saturated heterocycles. The Bertz CT molecular complexity index is 1030. The normalized spacial score (nSPS) is 10.6. The molecule has 2 heterocycles. The first-order valence-electron chi connectivity index (χ1n) is 8.65. The van der Waals surface area contributed by atoms with Crippen LogP contribution in [0.15, 0.2) is 72.4 Å². The van der Waals surface area contributed by atoms with Gasteiger partial charge in [0.2, 0.25) is 5.95 Å². The number of rotatable bonds is 6. The van der Waals surface area contributed by atoms with Crippen molar-refractivity contribution in [3.63, 3.8) is 0 Å². The molecule has 4 rings (SSSR count). The zero-order chi connectivity index (χ0) is 18.5. The van der Waals surface area contributed by atoms with Crippen molar-refractivity contribution in [2.45, 2.75) is 6.92 Å². The van der Waals surface area contributed by atoms with E-state index in [1.807, 2.05) is 48.7 Å². The van der Waals surface area contributed by atoms with E-state index in [2.05, 4.69) is 38.5 Å². The van der Waals surface area contributed by atoms with Crippen molar-refractivity contribution in [1.29, 1.82) is 0 Å². The second-order valence-corrected chi connectivity index (χ2v) is 6.63. The molecule has 2 aromatic heterocycles. The van der Waals surface area contributed by atoms with Crippen molar-refractivity contribution in [3.05, 3.63) is 72.4 Å². The molecule has 2 aromatic carbocycles. The zero-order valence-electron chi connectivity index (χ0n) is 14.8. The van der Waals surface area contributed by atoms with E-state index in [0.29, 0.717) is 12.6 Å². The van der Waals surface area contributed by atoms with Crippen LogP contribution in [0.5, 0.6) is 5.75 Å². The first-order chi connectivity index (χ1) is 13.3. The SMILES string of the molecule is CCOc1ccccc1-c1cccc(Nc2nccc(-c3nccs3)n2)c1. The fourth-order valence-corrected chi connectivity index (χ4v) is 3.37. The molecule has 0 saturated carbocycles. The second kappa shape index (κ2) is 7.97. The Balaban J connectivity index is 1.62. The number of para-hydroxylation sites is 1. The van der Waals surface area contributed by atoms with Gasteiger partial charge in [-0.25, -0.2) is 15.0 Å². The Labute approximate surface area is 161 Å². The van der Waals surface area contributed by atoms with Crippen molar-refractivity contribution < 1.29 is 4.74 Å². The van der Waals surface area contributed by atoms with Gasteiger partial charge in [-0.15, -0.1) is 11.3 Å². The highest BCUT2D eigenvalue weighted by Gasteiger charge is 2.08. The Morgan fingerprint density at radius 2 is 1.93 bits per heavy atom. The number of thiazole rings is 1. The van der Waals surface area contributed by atoms with E-state index in [4.69, 9.17) is 4.74 Å². The van der Waals surface area contributed by atoms with Gasteiger partial charge in [0.05, 0.1) is 6.61 Å². The van der Waals surface area contributed by atoms with Gasteiger partial charge >= 0.3 is 0 Å². The molecule has 0 aliphatic heterocycles. The number of nitrogens with zero attached hydrogens (tertiary/aromatic N) is 3. The third kappa shape index (κ3) is 3.96. The summed E-state index contributed by atoms with van der Waals surface area (Å²) in [7, 11) is 0.